The van der Waals surface area contributed by atoms with Crippen molar-refractivity contribution in [1.82, 2.24) is 14.7 Å². The number of carbonyl (C=O) groups is 7. The quantitative estimate of drug-likeness (QED) is 0.262. The van der Waals surface area contributed by atoms with Crippen molar-refractivity contribution in [2.45, 2.75) is 19.3 Å². The molecule has 0 atom stereocenters. The summed E-state index contributed by atoms with van der Waals surface area (Å²) in [6, 6.07) is 0. The third kappa shape index (κ3) is 5.70. The first kappa shape index (κ1) is 24.7. The summed E-state index contributed by atoms with van der Waals surface area (Å²) in [5.74, 6) is -4.35. The normalized spacial score (nSPS) is 17.9. The summed E-state index contributed by atoms with van der Waals surface area (Å²) in [7, 11) is 0. The molecule has 0 saturated heterocycles. The van der Waals surface area contributed by atoms with Crippen LogP contribution in [0.4, 0.5) is 0 Å². The highest BCUT2D eigenvalue weighted by atomic mass is 16.5. The van der Waals surface area contributed by atoms with E-state index in [1.165, 1.54) is 0 Å². The topological polar surface area (TPSA) is 159 Å². The maximum absolute atomic E-state index is 12.3. The molecular weight excluding hydrogens is 450 g/mol. The third-order valence-electron chi connectivity index (χ3n) is 5.65. The highest BCUT2D eigenvalue weighted by Crippen LogP contribution is 2.31. The highest BCUT2D eigenvalue weighted by Gasteiger charge is 2.42. The molecule has 3 aliphatic rings. The maximum atomic E-state index is 12.3. The van der Waals surface area contributed by atoms with E-state index in [1.54, 1.807) is 0 Å². The van der Waals surface area contributed by atoms with Gasteiger partial charge in [-0.15, -0.1) is 0 Å². The minimum atomic E-state index is -1.17. The van der Waals surface area contributed by atoms with Crippen molar-refractivity contribution in [1.29, 1.82) is 0 Å². The first-order valence-electron chi connectivity index (χ1n) is 10.5. The average Bonchev–Trinajstić information content (AvgIpc) is 3.39. The van der Waals surface area contributed by atoms with Gasteiger partial charge in [-0.3, -0.25) is 48.3 Å². The van der Waals surface area contributed by atoms with E-state index in [-0.39, 0.29) is 52.1 Å². The van der Waals surface area contributed by atoms with Gasteiger partial charge in [0.25, 0.3) is 35.4 Å². The van der Waals surface area contributed by atoms with Crippen molar-refractivity contribution in [3.63, 3.8) is 0 Å². The number of nitrogens with zero attached hydrogens (tertiary/aromatic N) is 3. The molecule has 0 aromatic carbocycles. The van der Waals surface area contributed by atoms with E-state index < -0.39 is 46.8 Å². The summed E-state index contributed by atoms with van der Waals surface area (Å²) < 4.78 is 5.56. The van der Waals surface area contributed by atoms with Crippen LogP contribution >= 0.6 is 0 Å². The SMILES string of the molecule is O=C(O)CCOCC(CCCN1C(=O)C=CC1=O)(CN1C(=O)C=CC1=O)CN1C(=O)C=CC1=O. The number of amides is 6. The standard InChI is InChI=1S/C22H23N3O9/c26-15-2-3-16(27)23(15)10-1-9-22(14-34-11-8-21(32)33,12-24-17(28)4-5-18(24)29)13-25-19(30)6-7-20(25)31/h2-7H,1,8-14H2,(H,32,33). The minimum Gasteiger partial charge on any atom is -0.481 e. The van der Waals surface area contributed by atoms with Crippen molar-refractivity contribution >= 4 is 41.4 Å². The summed E-state index contributed by atoms with van der Waals surface area (Å²) >= 11 is 0. The van der Waals surface area contributed by atoms with Crippen LogP contribution in [-0.2, 0) is 38.3 Å². The molecule has 3 rings (SSSR count). The molecule has 1 N–H and O–H groups in total. The van der Waals surface area contributed by atoms with Crippen LogP contribution in [-0.4, -0.2) is 94.1 Å². The fourth-order valence-electron chi connectivity index (χ4n) is 3.93. The van der Waals surface area contributed by atoms with Crippen LogP contribution in [0, 0.1) is 5.41 Å². The number of carbonyl (C=O) groups excluding carboxylic acids is 6. The predicted molar refractivity (Wildman–Crippen MR) is 112 cm³/mol. The molecule has 0 saturated carbocycles. The van der Waals surface area contributed by atoms with Crippen molar-refractivity contribution in [2.24, 2.45) is 5.41 Å². The largest absolute Gasteiger partial charge is 0.481 e. The van der Waals surface area contributed by atoms with Crippen molar-refractivity contribution in [2.75, 3.05) is 32.8 Å². The number of carboxylic acids is 1. The van der Waals surface area contributed by atoms with Crippen molar-refractivity contribution in [3.8, 4) is 0 Å². The van der Waals surface area contributed by atoms with Crippen LogP contribution in [0.3, 0.4) is 0 Å². The molecule has 0 radical (unpaired) electrons. The van der Waals surface area contributed by atoms with Gasteiger partial charge in [0, 0.05) is 61.5 Å². The zero-order valence-corrected chi connectivity index (χ0v) is 18.2. The zero-order valence-electron chi connectivity index (χ0n) is 18.2. The Morgan fingerprint density at radius 2 is 1.15 bits per heavy atom. The van der Waals surface area contributed by atoms with Crippen LogP contribution in [0.1, 0.15) is 19.3 Å². The van der Waals surface area contributed by atoms with Gasteiger partial charge in [-0.2, -0.15) is 0 Å². The van der Waals surface area contributed by atoms with Crippen molar-refractivity contribution in [3.05, 3.63) is 36.5 Å². The number of carboxylic acid groups (broad SMARTS) is 1. The average molecular weight is 473 g/mol. The molecule has 3 aliphatic heterocycles. The second-order valence-corrected chi connectivity index (χ2v) is 8.15. The monoisotopic (exact) mass is 473 g/mol. The molecule has 0 aromatic heterocycles. The summed E-state index contributed by atoms with van der Waals surface area (Å²) in [5, 5.41) is 8.89. The summed E-state index contributed by atoms with van der Waals surface area (Å²) in [4.78, 5) is 86.5. The second-order valence-electron chi connectivity index (χ2n) is 8.15. The van der Waals surface area contributed by atoms with Crippen molar-refractivity contribution < 1.29 is 43.4 Å². The van der Waals surface area contributed by atoms with Gasteiger partial charge in [-0.05, 0) is 12.8 Å². The first-order chi connectivity index (χ1) is 16.1. The summed E-state index contributed by atoms with van der Waals surface area (Å²) in [6.07, 6.45) is 6.73. The third-order valence-corrected chi connectivity index (χ3v) is 5.65. The van der Waals surface area contributed by atoms with Gasteiger partial charge < -0.3 is 9.84 Å². The lowest BCUT2D eigenvalue weighted by molar-refractivity contribution is -0.143. The molecule has 6 amide bonds. The van der Waals surface area contributed by atoms with E-state index in [0.29, 0.717) is 0 Å². The van der Waals surface area contributed by atoms with E-state index >= 15 is 0 Å². The lowest BCUT2D eigenvalue weighted by Crippen LogP contribution is -2.51. The van der Waals surface area contributed by atoms with Gasteiger partial charge in [0.1, 0.15) is 0 Å². The number of rotatable bonds is 13. The van der Waals surface area contributed by atoms with Gasteiger partial charge in [0.05, 0.1) is 19.6 Å². The number of aliphatic carboxylic acids is 1. The number of hydrogen-bond acceptors (Lipinski definition) is 8. The van der Waals surface area contributed by atoms with Crippen LogP contribution in [0.5, 0.6) is 0 Å². The molecular formula is C22H23N3O9. The lowest BCUT2D eigenvalue weighted by Gasteiger charge is -2.39. The minimum absolute atomic E-state index is 0.0296. The van der Waals surface area contributed by atoms with Crippen LogP contribution in [0.25, 0.3) is 0 Å². The van der Waals surface area contributed by atoms with Crippen LogP contribution in [0.2, 0.25) is 0 Å². The van der Waals surface area contributed by atoms with Gasteiger partial charge >= 0.3 is 5.97 Å². The molecule has 0 fully saturated rings. The molecule has 0 spiro atoms. The lowest BCUT2D eigenvalue weighted by atomic mass is 9.82. The Morgan fingerprint density at radius 1 is 0.735 bits per heavy atom. The fourth-order valence-corrected chi connectivity index (χ4v) is 3.93. The van der Waals surface area contributed by atoms with E-state index in [9.17, 15) is 33.6 Å². The molecule has 34 heavy (non-hydrogen) atoms. The zero-order chi connectivity index (χ0) is 24.9. The Labute approximate surface area is 194 Å². The van der Waals surface area contributed by atoms with E-state index in [0.717, 1.165) is 51.2 Å². The van der Waals surface area contributed by atoms with Gasteiger partial charge in [-0.1, -0.05) is 0 Å². The summed E-state index contributed by atoms with van der Waals surface area (Å²) in [5.41, 5.74) is -1.17. The molecule has 0 aliphatic carbocycles. The molecule has 12 heteroatoms. The Balaban J connectivity index is 1.82. The number of hydrogen-bond donors (Lipinski definition) is 1. The van der Waals surface area contributed by atoms with Gasteiger partial charge in [-0.25, -0.2) is 0 Å². The second kappa shape index (κ2) is 10.3. The van der Waals surface area contributed by atoms with E-state index in [1.807, 2.05) is 0 Å². The Kier molecular flexibility index (Phi) is 7.51. The molecule has 12 nitrogen and oxygen atoms in total. The van der Waals surface area contributed by atoms with Gasteiger partial charge in [0.2, 0.25) is 0 Å². The molecule has 3 heterocycles. The molecule has 180 valence electrons. The van der Waals surface area contributed by atoms with Crippen LogP contribution in [0.15, 0.2) is 36.5 Å². The molecule has 0 aromatic rings. The first-order valence-corrected chi connectivity index (χ1v) is 10.5. The smallest absolute Gasteiger partial charge is 0.305 e. The Hall–Kier alpha value is -3.93. The van der Waals surface area contributed by atoms with E-state index in [2.05, 4.69) is 0 Å². The number of ether oxygens (including phenoxy) is 1. The molecule has 0 bridgehead atoms. The maximum Gasteiger partial charge on any atom is 0.305 e. The highest BCUT2D eigenvalue weighted by molar-refractivity contribution is 6.14. The summed E-state index contributed by atoms with van der Waals surface area (Å²) in [6.45, 7) is -0.773. The fraction of sp³-hybridized carbons (Fsp3) is 0.409. The van der Waals surface area contributed by atoms with E-state index in [4.69, 9.17) is 9.84 Å². The number of imide groups is 3. The van der Waals surface area contributed by atoms with Crippen LogP contribution < -0.4 is 0 Å². The Morgan fingerprint density at radius 3 is 1.56 bits per heavy atom. The predicted octanol–water partition coefficient (Wildman–Crippen LogP) is -0.981. The Bertz CT molecular complexity index is 929. The molecule has 0 unspecified atom stereocenters. The van der Waals surface area contributed by atoms with Gasteiger partial charge in [0.15, 0.2) is 0 Å².